The van der Waals surface area contributed by atoms with Crippen LogP contribution in [-0.4, -0.2) is 32.3 Å². The minimum Gasteiger partial charge on any atom is -0.345 e. The number of thioether (sulfide) groups is 1. The second-order valence-corrected chi connectivity index (χ2v) is 7.29. The van der Waals surface area contributed by atoms with Crippen molar-refractivity contribution in [2.24, 2.45) is 0 Å². The van der Waals surface area contributed by atoms with Crippen LogP contribution in [0.3, 0.4) is 0 Å². The summed E-state index contributed by atoms with van der Waals surface area (Å²) in [7, 11) is 0. The quantitative estimate of drug-likeness (QED) is 0.558. The second-order valence-electron chi connectivity index (χ2n) is 6.34. The van der Waals surface area contributed by atoms with E-state index < -0.39 is 0 Å². The first-order valence-corrected chi connectivity index (χ1v) is 10.3. The van der Waals surface area contributed by atoms with Crippen molar-refractivity contribution in [2.75, 3.05) is 11.1 Å². The van der Waals surface area contributed by atoms with Crippen molar-refractivity contribution >= 4 is 29.3 Å². The lowest BCUT2D eigenvalue weighted by atomic mass is 10.1. The fraction of sp³-hybridized carbons (Fsp3) is 0.238. The van der Waals surface area contributed by atoms with Crippen LogP contribution < -0.4 is 10.6 Å². The Hall–Kier alpha value is -3.13. The number of hydrogen-bond donors (Lipinski definition) is 2. The highest BCUT2D eigenvalue weighted by atomic mass is 32.2. The Balaban J connectivity index is 1.57. The number of rotatable bonds is 8. The fourth-order valence-electron chi connectivity index (χ4n) is 2.81. The van der Waals surface area contributed by atoms with Crippen molar-refractivity contribution in [3.63, 3.8) is 0 Å². The summed E-state index contributed by atoms with van der Waals surface area (Å²) < 4.78 is 1.90. The Morgan fingerprint density at radius 1 is 1.03 bits per heavy atom. The third kappa shape index (κ3) is 5.45. The molecule has 1 heterocycles. The van der Waals surface area contributed by atoms with Gasteiger partial charge in [0.15, 0.2) is 11.0 Å². The number of aryl methyl sites for hydroxylation is 1. The first kappa shape index (κ1) is 20.6. The molecular weight excluding hydrogens is 386 g/mol. The van der Waals surface area contributed by atoms with Gasteiger partial charge in [0.2, 0.25) is 5.91 Å². The van der Waals surface area contributed by atoms with E-state index >= 15 is 0 Å². The van der Waals surface area contributed by atoms with Crippen molar-refractivity contribution in [1.29, 1.82) is 0 Å². The molecule has 3 aromatic rings. The van der Waals surface area contributed by atoms with E-state index in [0.29, 0.717) is 23.1 Å². The third-order valence-electron chi connectivity index (χ3n) is 4.30. The highest BCUT2D eigenvalue weighted by Gasteiger charge is 2.15. The van der Waals surface area contributed by atoms with Crippen LogP contribution in [0.1, 0.15) is 28.7 Å². The van der Waals surface area contributed by atoms with Crippen LogP contribution in [0.5, 0.6) is 0 Å². The molecule has 7 nitrogen and oxygen atoms in total. The molecule has 0 aliphatic rings. The van der Waals surface area contributed by atoms with E-state index in [1.807, 2.05) is 66.9 Å². The number of anilines is 1. The molecule has 2 amide bonds. The molecule has 29 heavy (non-hydrogen) atoms. The van der Waals surface area contributed by atoms with Gasteiger partial charge in [0.1, 0.15) is 0 Å². The highest BCUT2D eigenvalue weighted by molar-refractivity contribution is 7.99. The molecule has 0 aliphatic carbocycles. The summed E-state index contributed by atoms with van der Waals surface area (Å²) in [5.41, 5.74) is 2.32. The van der Waals surface area contributed by atoms with Gasteiger partial charge in [-0.25, -0.2) is 0 Å². The van der Waals surface area contributed by atoms with Crippen LogP contribution in [-0.2, 0) is 17.9 Å². The minimum atomic E-state index is -0.148. The lowest BCUT2D eigenvalue weighted by Crippen LogP contribution is -2.25. The average Bonchev–Trinajstić information content (AvgIpc) is 3.13. The predicted molar refractivity (Wildman–Crippen MR) is 114 cm³/mol. The molecule has 0 saturated carbocycles. The van der Waals surface area contributed by atoms with Gasteiger partial charge in [-0.1, -0.05) is 48.2 Å². The zero-order valence-electron chi connectivity index (χ0n) is 16.4. The van der Waals surface area contributed by atoms with E-state index in [4.69, 9.17) is 0 Å². The van der Waals surface area contributed by atoms with Crippen LogP contribution in [0.15, 0.2) is 59.8 Å². The van der Waals surface area contributed by atoms with E-state index in [1.165, 1.54) is 11.8 Å². The van der Waals surface area contributed by atoms with E-state index in [2.05, 4.69) is 20.8 Å². The standard InChI is InChI=1S/C21H23N5O2S/c1-3-26-18(13-22-20(28)17-12-8-7-9-15(17)2)24-25-21(26)29-14-19(27)23-16-10-5-4-6-11-16/h4-12H,3,13-14H2,1-2H3,(H,22,28)(H,23,27). The molecule has 3 rings (SSSR count). The van der Waals surface area contributed by atoms with Gasteiger partial charge in [0, 0.05) is 17.8 Å². The van der Waals surface area contributed by atoms with Crippen molar-refractivity contribution in [3.05, 3.63) is 71.5 Å². The molecule has 0 spiro atoms. The highest BCUT2D eigenvalue weighted by Crippen LogP contribution is 2.18. The Morgan fingerprint density at radius 2 is 1.76 bits per heavy atom. The van der Waals surface area contributed by atoms with Crippen molar-refractivity contribution < 1.29 is 9.59 Å². The largest absolute Gasteiger partial charge is 0.345 e. The van der Waals surface area contributed by atoms with Crippen LogP contribution in [0, 0.1) is 6.92 Å². The molecular formula is C21H23N5O2S. The zero-order chi connectivity index (χ0) is 20.6. The summed E-state index contributed by atoms with van der Waals surface area (Å²) in [5.74, 6) is 0.620. The molecule has 0 bridgehead atoms. The maximum absolute atomic E-state index is 12.4. The monoisotopic (exact) mass is 409 g/mol. The Morgan fingerprint density at radius 3 is 2.48 bits per heavy atom. The molecule has 2 aromatic carbocycles. The summed E-state index contributed by atoms with van der Waals surface area (Å²) in [6, 6.07) is 16.7. The maximum atomic E-state index is 12.4. The van der Waals surface area contributed by atoms with Crippen molar-refractivity contribution in [1.82, 2.24) is 20.1 Å². The summed E-state index contributed by atoms with van der Waals surface area (Å²) in [6.07, 6.45) is 0. The van der Waals surface area contributed by atoms with Gasteiger partial charge in [0.25, 0.3) is 5.91 Å². The zero-order valence-corrected chi connectivity index (χ0v) is 17.2. The van der Waals surface area contributed by atoms with E-state index in [9.17, 15) is 9.59 Å². The van der Waals surface area contributed by atoms with Gasteiger partial charge in [-0.05, 0) is 37.6 Å². The number of carbonyl (C=O) groups excluding carboxylic acids is 2. The van der Waals surface area contributed by atoms with Crippen LogP contribution in [0.25, 0.3) is 0 Å². The number of para-hydroxylation sites is 1. The minimum absolute atomic E-state index is 0.110. The van der Waals surface area contributed by atoms with Gasteiger partial charge in [-0.3, -0.25) is 9.59 Å². The lowest BCUT2D eigenvalue weighted by molar-refractivity contribution is -0.113. The summed E-state index contributed by atoms with van der Waals surface area (Å²) in [5, 5.41) is 14.7. The van der Waals surface area contributed by atoms with Gasteiger partial charge in [-0.15, -0.1) is 10.2 Å². The van der Waals surface area contributed by atoms with Crippen molar-refractivity contribution in [3.8, 4) is 0 Å². The Bertz CT molecular complexity index is 988. The summed E-state index contributed by atoms with van der Waals surface area (Å²) >= 11 is 1.32. The molecule has 0 atom stereocenters. The molecule has 150 valence electrons. The molecule has 1 aromatic heterocycles. The molecule has 0 unspecified atom stereocenters. The third-order valence-corrected chi connectivity index (χ3v) is 5.26. The van der Waals surface area contributed by atoms with Crippen LogP contribution in [0.2, 0.25) is 0 Å². The molecule has 0 radical (unpaired) electrons. The molecule has 0 fully saturated rings. The van der Waals surface area contributed by atoms with Gasteiger partial charge in [-0.2, -0.15) is 0 Å². The maximum Gasteiger partial charge on any atom is 0.251 e. The number of benzene rings is 2. The van der Waals surface area contributed by atoms with E-state index in [0.717, 1.165) is 11.3 Å². The fourth-order valence-corrected chi connectivity index (χ4v) is 3.63. The first-order chi connectivity index (χ1) is 14.1. The lowest BCUT2D eigenvalue weighted by Gasteiger charge is -2.09. The number of nitrogens with one attached hydrogen (secondary N) is 2. The van der Waals surface area contributed by atoms with E-state index in [1.54, 1.807) is 6.07 Å². The van der Waals surface area contributed by atoms with E-state index in [-0.39, 0.29) is 24.1 Å². The molecule has 0 saturated heterocycles. The van der Waals surface area contributed by atoms with Crippen LogP contribution in [0.4, 0.5) is 5.69 Å². The topological polar surface area (TPSA) is 88.9 Å². The number of nitrogens with zero attached hydrogens (tertiary/aromatic N) is 3. The summed E-state index contributed by atoms with van der Waals surface area (Å²) in [6.45, 7) is 4.79. The smallest absolute Gasteiger partial charge is 0.251 e. The number of carbonyl (C=O) groups is 2. The van der Waals surface area contributed by atoms with Crippen molar-refractivity contribution in [2.45, 2.75) is 32.1 Å². The Kier molecular flexibility index (Phi) is 7.02. The SMILES string of the molecule is CCn1c(CNC(=O)c2ccccc2C)nnc1SCC(=O)Nc1ccccc1. The molecule has 8 heteroatoms. The number of hydrogen-bond acceptors (Lipinski definition) is 5. The second kappa shape index (κ2) is 9.88. The van der Waals surface area contributed by atoms with Gasteiger partial charge < -0.3 is 15.2 Å². The molecule has 0 aliphatic heterocycles. The molecule has 2 N–H and O–H groups in total. The predicted octanol–water partition coefficient (Wildman–Crippen LogP) is 3.27. The normalized spacial score (nSPS) is 10.6. The van der Waals surface area contributed by atoms with Crippen LogP contribution >= 0.6 is 11.8 Å². The number of aromatic nitrogens is 3. The van der Waals surface area contributed by atoms with Gasteiger partial charge >= 0.3 is 0 Å². The Labute approximate surface area is 173 Å². The average molecular weight is 410 g/mol. The number of amides is 2. The summed E-state index contributed by atoms with van der Waals surface area (Å²) in [4.78, 5) is 24.6. The first-order valence-electron chi connectivity index (χ1n) is 9.32. The van der Waals surface area contributed by atoms with Gasteiger partial charge in [0.05, 0.1) is 12.3 Å².